The maximum Gasteiger partial charge on any atom is 0.231 e. The van der Waals surface area contributed by atoms with Crippen molar-refractivity contribution in [2.24, 2.45) is 5.92 Å². The first-order chi connectivity index (χ1) is 16.2. The summed E-state index contributed by atoms with van der Waals surface area (Å²) in [6, 6.07) is 8.11. The van der Waals surface area contributed by atoms with Gasteiger partial charge in [-0.15, -0.1) is 0 Å². The molecule has 0 aliphatic carbocycles. The van der Waals surface area contributed by atoms with Crippen LogP contribution in [0, 0.1) is 5.92 Å². The Kier molecular flexibility index (Phi) is 6.12. The van der Waals surface area contributed by atoms with Gasteiger partial charge in [-0.25, -0.2) is 0 Å². The summed E-state index contributed by atoms with van der Waals surface area (Å²) in [7, 11) is 4.91. The summed E-state index contributed by atoms with van der Waals surface area (Å²) < 4.78 is 40.5. The van der Waals surface area contributed by atoms with E-state index in [0.717, 1.165) is 42.1 Å². The van der Waals surface area contributed by atoms with E-state index in [2.05, 4.69) is 17.9 Å². The summed E-state index contributed by atoms with van der Waals surface area (Å²) in [5.74, 6) is 4.37. The van der Waals surface area contributed by atoms with E-state index in [4.69, 9.17) is 33.2 Å². The SMILES string of the molecule is CC[C@@H]1[C@H](c2cc(OC)c(OC)c(OC)c2)c2cc3c(cc2O[C@@H]1N1CCOCC1)OCO3. The number of morpholine rings is 1. The first kappa shape index (κ1) is 22.0. The molecule has 2 aromatic rings. The fraction of sp³-hybridized carbons (Fsp3) is 0.520. The van der Waals surface area contributed by atoms with Crippen LogP contribution in [0.25, 0.3) is 0 Å². The van der Waals surface area contributed by atoms with E-state index in [1.807, 2.05) is 18.2 Å². The van der Waals surface area contributed by atoms with Crippen LogP contribution < -0.4 is 28.4 Å². The van der Waals surface area contributed by atoms with Gasteiger partial charge in [0.2, 0.25) is 12.5 Å². The number of ether oxygens (including phenoxy) is 7. The molecule has 1 fully saturated rings. The molecular formula is C25H31NO7. The summed E-state index contributed by atoms with van der Waals surface area (Å²) in [5.41, 5.74) is 2.16. The van der Waals surface area contributed by atoms with E-state index < -0.39 is 0 Å². The maximum atomic E-state index is 6.66. The van der Waals surface area contributed by atoms with Crippen molar-refractivity contribution < 1.29 is 33.2 Å². The van der Waals surface area contributed by atoms with Crippen molar-refractivity contribution in [2.75, 3.05) is 54.4 Å². The van der Waals surface area contributed by atoms with Gasteiger partial charge in [0.15, 0.2) is 29.2 Å². The molecule has 2 aromatic carbocycles. The van der Waals surface area contributed by atoms with Gasteiger partial charge in [-0.05, 0) is 30.2 Å². The molecule has 0 saturated carbocycles. The molecule has 0 radical (unpaired) electrons. The highest BCUT2D eigenvalue weighted by Gasteiger charge is 2.43. The second-order valence-corrected chi connectivity index (χ2v) is 8.41. The van der Waals surface area contributed by atoms with Crippen LogP contribution >= 0.6 is 0 Å². The zero-order chi connectivity index (χ0) is 22.9. The summed E-state index contributed by atoms with van der Waals surface area (Å²) >= 11 is 0. The molecule has 3 atom stereocenters. The largest absolute Gasteiger partial charge is 0.493 e. The number of nitrogens with zero attached hydrogens (tertiary/aromatic N) is 1. The van der Waals surface area contributed by atoms with Crippen molar-refractivity contribution in [1.29, 1.82) is 0 Å². The number of hydrogen-bond donors (Lipinski definition) is 0. The highest BCUT2D eigenvalue weighted by Crippen LogP contribution is 2.52. The number of hydrogen-bond acceptors (Lipinski definition) is 8. The molecule has 3 aliphatic rings. The van der Waals surface area contributed by atoms with Crippen LogP contribution in [0.5, 0.6) is 34.5 Å². The standard InChI is InChI=1S/C25H31NO7/c1-5-16-23(15-10-21(27-2)24(29-4)22(11-15)28-3)17-12-19-20(32-14-31-19)13-18(17)33-25(16)26-6-8-30-9-7-26/h10-13,16,23,25H,5-9,14H2,1-4H3/t16-,23+,25+/m1/s1. The Hall–Kier alpha value is -2.84. The van der Waals surface area contributed by atoms with Crippen molar-refractivity contribution in [3.05, 3.63) is 35.4 Å². The molecule has 0 aromatic heterocycles. The molecule has 0 N–H and O–H groups in total. The molecule has 3 heterocycles. The van der Waals surface area contributed by atoms with E-state index in [1.54, 1.807) is 21.3 Å². The zero-order valence-electron chi connectivity index (χ0n) is 19.6. The number of methoxy groups -OCH3 is 3. The Morgan fingerprint density at radius 2 is 1.55 bits per heavy atom. The number of fused-ring (bicyclic) bond motifs is 2. The van der Waals surface area contributed by atoms with E-state index in [0.29, 0.717) is 36.2 Å². The van der Waals surface area contributed by atoms with E-state index >= 15 is 0 Å². The maximum absolute atomic E-state index is 6.66. The fourth-order valence-corrected chi connectivity index (χ4v) is 5.22. The lowest BCUT2D eigenvalue weighted by Crippen LogP contribution is -2.52. The third kappa shape index (κ3) is 3.81. The molecule has 33 heavy (non-hydrogen) atoms. The Labute approximate surface area is 194 Å². The highest BCUT2D eigenvalue weighted by molar-refractivity contribution is 5.60. The first-order valence-corrected chi connectivity index (χ1v) is 11.4. The smallest absolute Gasteiger partial charge is 0.231 e. The monoisotopic (exact) mass is 457 g/mol. The van der Waals surface area contributed by atoms with Crippen molar-refractivity contribution in [3.63, 3.8) is 0 Å². The van der Waals surface area contributed by atoms with Crippen LogP contribution in [0.3, 0.4) is 0 Å². The Morgan fingerprint density at radius 1 is 0.879 bits per heavy atom. The Bertz CT molecular complexity index is 979. The predicted molar refractivity (Wildman–Crippen MR) is 121 cm³/mol. The Balaban J connectivity index is 1.67. The van der Waals surface area contributed by atoms with E-state index in [9.17, 15) is 0 Å². The minimum Gasteiger partial charge on any atom is -0.493 e. The zero-order valence-corrected chi connectivity index (χ0v) is 19.6. The molecule has 178 valence electrons. The second-order valence-electron chi connectivity index (χ2n) is 8.41. The quantitative estimate of drug-likeness (QED) is 0.651. The average Bonchev–Trinajstić information content (AvgIpc) is 3.33. The third-order valence-electron chi connectivity index (χ3n) is 6.81. The van der Waals surface area contributed by atoms with Gasteiger partial charge >= 0.3 is 0 Å². The predicted octanol–water partition coefficient (Wildman–Crippen LogP) is 3.65. The van der Waals surface area contributed by atoms with Gasteiger partial charge in [-0.2, -0.15) is 0 Å². The summed E-state index contributed by atoms with van der Waals surface area (Å²) in [6.07, 6.45) is 0.841. The molecule has 0 unspecified atom stereocenters. The van der Waals surface area contributed by atoms with Crippen LogP contribution in [-0.2, 0) is 4.74 Å². The number of rotatable bonds is 6. The van der Waals surface area contributed by atoms with Crippen LogP contribution in [0.15, 0.2) is 24.3 Å². The molecular weight excluding hydrogens is 426 g/mol. The molecule has 0 spiro atoms. The van der Waals surface area contributed by atoms with Crippen molar-refractivity contribution >= 4 is 0 Å². The molecule has 8 nitrogen and oxygen atoms in total. The van der Waals surface area contributed by atoms with Crippen molar-refractivity contribution in [1.82, 2.24) is 4.90 Å². The topological polar surface area (TPSA) is 67.9 Å². The molecule has 8 heteroatoms. The van der Waals surface area contributed by atoms with Crippen LogP contribution in [-0.4, -0.2) is 65.6 Å². The van der Waals surface area contributed by atoms with Gasteiger partial charge in [-0.1, -0.05) is 6.92 Å². The minimum absolute atomic E-state index is 0.0369. The lowest BCUT2D eigenvalue weighted by Gasteiger charge is -2.45. The molecule has 0 bridgehead atoms. The minimum atomic E-state index is -0.0872. The van der Waals surface area contributed by atoms with Crippen LogP contribution in [0.4, 0.5) is 0 Å². The fourth-order valence-electron chi connectivity index (χ4n) is 5.22. The lowest BCUT2D eigenvalue weighted by atomic mass is 9.75. The van der Waals surface area contributed by atoms with Gasteiger partial charge in [0, 0.05) is 36.6 Å². The summed E-state index contributed by atoms with van der Waals surface area (Å²) in [4.78, 5) is 2.39. The Morgan fingerprint density at radius 3 is 2.15 bits per heavy atom. The van der Waals surface area contributed by atoms with Gasteiger partial charge in [0.05, 0.1) is 34.5 Å². The van der Waals surface area contributed by atoms with Gasteiger partial charge in [-0.3, -0.25) is 4.90 Å². The summed E-state index contributed by atoms with van der Waals surface area (Å²) in [5, 5.41) is 0. The van der Waals surface area contributed by atoms with Gasteiger partial charge < -0.3 is 33.2 Å². The van der Waals surface area contributed by atoms with Crippen molar-refractivity contribution in [3.8, 4) is 34.5 Å². The molecule has 0 amide bonds. The molecule has 1 saturated heterocycles. The van der Waals surface area contributed by atoms with E-state index in [-0.39, 0.29) is 24.9 Å². The molecule has 5 rings (SSSR count). The van der Waals surface area contributed by atoms with Crippen LogP contribution in [0.1, 0.15) is 30.4 Å². The van der Waals surface area contributed by atoms with Gasteiger partial charge in [0.25, 0.3) is 0 Å². The number of benzene rings is 2. The highest BCUT2D eigenvalue weighted by atomic mass is 16.7. The summed E-state index contributed by atoms with van der Waals surface area (Å²) in [6.45, 7) is 5.52. The molecule has 3 aliphatic heterocycles. The van der Waals surface area contributed by atoms with Gasteiger partial charge in [0.1, 0.15) is 5.75 Å². The van der Waals surface area contributed by atoms with E-state index in [1.165, 1.54) is 0 Å². The normalized spacial score (nSPS) is 24.1. The van der Waals surface area contributed by atoms with Crippen molar-refractivity contribution in [2.45, 2.75) is 25.5 Å². The lowest BCUT2D eigenvalue weighted by molar-refractivity contribution is -0.0830. The third-order valence-corrected chi connectivity index (χ3v) is 6.81. The second kappa shape index (κ2) is 9.19. The first-order valence-electron chi connectivity index (χ1n) is 11.4. The van der Waals surface area contributed by atoms with Crippen LogP contribution in [0.2, 0.25) is 0 Å². The average molecular weight is 458 g/mol.